The molecule has 0 bridgehead atoms. The monoisotopic (exact) mass is 721 g/mol. The van der Waals surface area contributed by atoms with Crippen LogP contribution in [0.5, 0.6) is 0 Å². The number of nitrogens with zero attached hydrogens (tertiary/aromatic N) is 2. The van der Waals surface area contributed by atoms with Crippen molar-refractivity contribution in [1.82, 2.24) is 9.62 Å². The van der Waals surface area contributed by atoms with Crippen LogP contribution in [-0.2, 0) is 21.5 Å². The Kier molecular flexibility index (Phi) is 14.2. The minimum Gasteiger partial charge on any atom is -0.859 e. The van der Waals surface area contributed by atoms with Crippen molar-refractivity contribution in [2.24, 2.45) is 5.16 Å². The van der Waals surface area contributed by atoms with Gasteiger partial charge in [-0.05, 0) is 59.9 Å². The van der Waals surface area contributed by atoms with Gasteiger partial charge in [0.05, 0.1) is 18.3 Å². The van der Waals surface area contributed by atoms with Gasteiger partial charge in [-0.2, -0.15) is 0 Å². The van der Waals surface area contributed by atoms with Crippen LogP contribution < -0.4 is 74.0 Å². The van der Waals surface area contributed by atoms with Crippen molar-refractivity contribution < 1.29 is 96.6 Å². The molecule has 1 fully saturated rings. The van der Waals surface area contributed by atoms with Gasteiger partial charge in [-0.1, -0.05) is 66.4 Å². The third kappa shape index (κ3) is 9.10. The van der Waals surface area contributed by atoms with Crippen molar-refractivity contribution >= 4 is 51.0 Å². The molecule has 47 heavy (non-hydrogen) atoms. The number of carbonyl (C=O) groups excluding carboxylic acids is 2. The summed E-state index contributed by atoms with van der Waals surface area (Å²) in [4.78, 5) is 32.4. The number of carbonyl (C=O) groups is 2. The second-order valence-corrected chi connectivity index (χ2v) is 13.7. The van der Waals surface area contributed by atoms with Gasteiger partial charge in [0.1, 0.15) is 12.4 Å². The first-order chi connectivity index (χ1) is 21.4. The molecule has 10 nitrogen and oxygen atoms in total. The number of rotatable bonds is 9. The van der Waals surface area contributed by atoms with Crippen molar-refractivity contribution in [3.8, 4) is 0 Å². The second kappa shape index (κ2) is 16.8. The van der Waals surface area contributed by atoms with Crippen molar-refractivity contribution in [3.05, 3.63) is 104 Å². The summed E-state index contributed by atoms with van der Waals surface area (Å²) < 4.78 is 41.2. The van der Waals surface area contributed by atoms with Crippen LogP contribution in [0.4, 0.5) is 4.39 Å². The molecular formula is C31H28Cl2FN3Na2O7S. The number of carboxylic acids is 1. The molecule has 0 radical (unpaired) electrons. The van der Waals surface area contributed by atoms with Gasteiger partial charge >= 0.3 is 59.1 Å². The molecule has 0 aromatic heterocycles. The van der Waals surface area contributed by atoms with Crippen molar-refractivity contribution in [2.45, 2.75) is 56.3 Å². The molecule has 238 valence electrons. The zero-order chi connectivity index (χ0) is 32.5. The maximum atomic E-state index is 14.3. The predicted molar refractivity (Wildman–Crippen MR) is 162 cm³/mol. The maximum absolute atomic E-state index is 14.3. The number of halogens is 3. The molecular weight excluding hydrogens is 694 g/mol. The molecule has 1 heterocycles. The summed E-state index contributed by atoms with van der Waals surface area (Å²) in [6.45, 7) is -0.362. The molecule has 1 aliphatic heterocycles. The first-order valence-electron chi connectivity index (χ1n) is 14.1. The molecule has 1 saturated carbocycles. The van der Waals surface area contributed by atoms with Gasteiger partial charge in [0, 0.05) is 45.1 Å². The molecule has 1 aliphatic carbocycles. The first kappa shape index (κ1) is 39.7. The fraction of sp³-hybridized carbons (Fsp3) is 0.323. The minimum absolute atomic E-state index is 0. The number of benzene rings is 3. The Morgan fingerprint density at radius 1 is 1.04 bits per heavy atom. The van der Waals surface area contributed by atoms with E-state index in [-0.39, 0.29) is 81.9 Å². The summed E-state index contributed by atoms with van der Waals surface area (Å²) >= 11 is 12.9. The van der Waals surface area contributed by atoms with Crippen molar-refractivity contribution in [2.75, 3.05) is 6.26 Å². The molecule has 4 atom stereocenters. The summed E-state index contributed by atoms with van der Waals surface area (Å²) in [5.41, 5.74) is 0.574. The average Bonchev–Trinajstić information content (AvgIpc) is 2.97. The number of amides is 1. The zero-order valence-corrected chi connectivity index (χ0v) is 32.2. The number of carboxylic acid groups (broad SMARTS) is 1. The van der Waals surface area contributed by atoms with Crippen LogP contribution in [0.25, 0.3) is 0 Å². The standard InChI is InChI=1S/C31H30Cl2FN3O7S.2Na/c1-45(42,43)36-25-8-4-5-9-26(25)37-28(21-12-11-18(32)15-23(21)33)27(19-6-2-3-7-20(19)30(37)39)29(38)35-44-16-17-10-13-24(34)22(14-17)31(40)41;;/h2-3,6-7,10-15,25-28,36H,4-5,8-9,16H2,1H3,(H,35,38)(H,40,41);;/q;2*+1/p-2/t25-,26-,27+,28-;;/m0../s1. The molecule has 0 saturated heterocycles. The van der Waals surface area contributed by atoms with Gasteiger partial charge in [-0.15, -0.1) is 5.16 Å². The van der Waals surface area contributed by atoms with E-state index < -0.39 is 63.2 Å². The smallest absolute Gasteiger partial charge is 0.859 e. The van der Waals surface area contributed by atoms with E-state index >= 15 is 0 Å². The number of oxime groups is 1. The van der Waals surface area contributed by atoms with E-state index in [2.05, 4.69) is 9.88 Å². The van der Waals surface area contributed by atoms with E-state index in [1.807, 2.05) is 0 Å². The number of aromatic carboxylic acids is 1. The van der Waals surface area contributed by atoms with E-state index in [0.717, 1.165) is 31.2 Å². The molecule has 3 aromatic rings. The molecule has 2 aliphatic rings. The van der Waals surface area contributed by atoms with E-state index in [1.165, 1.54) is 17.0 Å². The van der Waals surface area contributed by atoms with Crippen LogP contribution in [0.3, 0.4) is 0 Å². The Hall–Kier alpha value is -1.71. The third-order valence-corrected chi connectivity index (χ3v) is 9.31. The fourth-order valence-electron chi connectivity index (χ4n) is 6.16. The number of nitrogens with one attached hydrogen (secondary N) is 1. The summed E-state index contributed by atoms with van der Waals surface area (Å²) in [5.74, 6) is -5.00. The number of fused-ring (bicyclic) bond motifs is 1. The molecule has 16 heteroatoms. The Morgan fingerprint density at radius 3 is 2.43 bits per heavy atom. The topological polar surface area (TPSA) is 151 Å². The van der Waals surface area contributed by atoms with E-state index in [9.17, 15) is 32.6 Å². The third-order valence-electron chi connectivity index (χ3n) is 8.01. The summed E-state index contributed by atoms with van der Waals surface area (Å²) in [5, 5.41) is 29.6. The molecule has 5 rings (SSSR count). The fourth-order valence-corrected chi connectivity index (χ4v) is 7.50. The molecule has 0 unspecified atom stereocenters. The van der Waals surface area contributed by atoms with Gasteiger partial charge in [0.2, 0.25) is 10.0 Å². The maximum Gasteiger partial charge on any atom is 1.00 e. The van der Waals surface area contributed by atoms with Crippen molar-refractivity contribution in [3.63, 3.8) is 0 Å². The van der Waals surface area contributed by atoms with Crippen LogP contribution in [0.15, 0.2) is 65.8 Å². The second-order valence-electron chi connectivity index (χ2n) is 11.0. The number of hydrogen-bond donors (Lipinski definition) is 1. The van der Waals surface area contributed by atoms with E-state index in [1.54, 1.807) is 36.4 Å². The Bertz CT molecular complexity index is 1780. The minimum atomic E-state index is -3.65. The van der Waals surface area contributed by atoms with E-state index in [4.69, 9.17) is 28.0 Å². The molecule has 3 aromatic carbocycles. The van der Waals surface area contributed by atoms with Gasteiger partial charge in [0.25, 0.3) is 5.91 Å². The van der Waals surface area contributed by atoms with Crippen molar-refractivity contribution in [1.29, 1.82) is 0 Å². The summed E-state index contributed by atoms with van der Waals surface area (Å²) in [6.07, 6.45) is 3.45. The Balaban J connectivity index is 0.00000300. The SMILES string of the molecule is CS(=O)(=O)N[C@H]1CCCC[C@@H]1N1C(=O)c2ccccc2[C@@H](C([O-])=NOCc2ccc(F)c(C(=O)[O-])c2)[C@@H]1c1ccc(Cl)cc1Cl.[Na+].[Na+]. The van der Waals surface area contributed by atoms with Crippen LogP contribution >= 0.6 is 23.2 Å². The van der Waals surface area contributed by atoms with Gasteiger partial charge < -0.3 is 24.7 Å². The van der Waals surface area contributed by atoms with Crippen LogP contribution in [0, 0.1) is 5.82 Å². The molecule has 0 spiro atoms. The quantitative estimate of drug-likeness (QED) is 0.111. The van der Waals surface area contributed by atoms with Crippen LogP contribution in [0.2, 0.25) is 10.0 Å². The van der Waals surface area contributed by atoms with Gasteiger partial charge in [-0.3, -0.25) is 4.79 Å². The largest absolute Gasteiger partial charge is 1.00 e. The summed E-state index contributed by atoms with van der Waals surface area (Å²) in [6, 6.07) is 12.2. The number of hydrogen-bond acceptors (Lipinski definition) is 8. The van der Waals surface area contributed by atoms with Crippen LogP contribution in [-0.4, -0.2) is 49.4 Å². The van der Waals surface area contributed by atoms with Gasteiger partial charge in [0.15, 0.2) is 0 Å². The van der Waals surface area contributed by atoms with E-state index in [0.29, 0.717) is 29.0 Å². The predicted octanol–water partition coefficient (Wildman–Crippen LogP) is -2.46. The van der Waals surface area contributed by atoms with Gasteiger partial charge in [-0.25, -0.2) is 17.5 Å². The Morgan fingerprint density at radius 2 is 1.74 bits per heavy atom. The normalized spacial score (nSPS) is 21.2. The molecule has 1 N–H and O–H groups in total. The molecule has 1 amide bonds. The zero-order valence-electron chi connectivity index (χ0n) is 25.9. The average molecular weight is 723 g/mol. The number of sulfonamides is 1. The Labute approximate surface area is 326 Å². The summed E-state index contributed by atoms with van der Waals surface area (Å²) in [7, 11) is -3.65. The first-order valence-corrected chi connectivity index (χ1v) is 16.7. The van der Waals surface area contributed by atoms with Crippen LogP contribution in [0.1, 0.15) is 75.0 Å².